The molecular formula is C17H21F2NS. The number of hydrogen-bond acceptors (Lipinski definition) is 2. The Balaban J connectivity index is 2.21. The average molecular weight is 309 g/mol. The molecular weight excluding hydrogens is 288 g/mol. The van der Waals surface area contributed by atoms with Gasteiger partial charge < -0.3 is 5.32 Å². The first-order valence-corrected chi connectivity index (χ1v) is 8.07. The number of thiophene rings is 1. The minimum absolute atomic E-state index is 0.146. The summed E-state index contributed by atoms with van der Waals surface area (Å²) in [6, 6.07) is 6.49. The summed E-state index contributed by atoms with van der Waals surface area (Å²) >= 11 is 1.77. The first-order valence-electron chi connectivity index (χ1n) is 7.25. The standard InChI is InChI=1S/C17H21F2NS/c1-4-7-20-16(17-8-11(2)12(3)21-17)10-13-5-6-14(18)15(19)9-13/h5-6,8-9,16,20H,4,7,10H2,1-3H3. The van der Waals surface area contributed by atoms with Crippen LogP contribution in [0.5, 0.6) is 0 Å². The third kappa shape index (κ3) is 4.11. The van der Waals surface area contributed by atoms with Crippen LogP contribution < -0.4 is 5.32 Å². The lowest BCUT2D eigenvalue weighted by Gasteiger charge is -2.17. The first-order chi connectivity index (χ1) is 10.0. The second-order valence-electron chi connectivity index (χ2n) is 5.35. The molecule has 0 aliphatic heterocycles. The fourth-order valence-electron chi connectivity index (χ4n) is 2.27. The van der Waals surface area contributed by atoms with Crippen molar-refractivity contribution in [3.8, 4) is 0 Å². The van der Waals surface area contributed by atoms with Crippen molar-refractivity contribution in [3.05, 3.63) is 56.8 Å². The molecule has 2 rings (SSSR count). The van der Waals surface area contributed by atoms with E-state index in [1.807, 2.05) is 0 Å². The normalized spacial score (nSPS) is 12.6. The summed E-state index contributed by atoms with van der Waals surface area (Å²) in [6.07, 6.45) is 1.70. The van der Waals surface area contributed by atoms with Crippen LogP contribution in [0.25, 0.3) is 0 Å². The summed E-state index contributed by atoms with van der Waals surface area (Å²) < 4.78 is 26.4. The molecule has 0 radical (unpaired) electrons. The molecule has 0 spiro atoms. The first kappa shape index (κ1) is 16.1. The van der Waals surface area contributed by atoms with Crippen LogP contribution in [-0.2, 0) is 6.42 Å². The van der Waals surface area contributed by atoms with Gasteiger partial charge in [-0.05, 0) is 62.6 Å². The molecule has 0 aliphatic carbocycles. The fourth-order valence-corrected chi connectivity index (χ4v) is 3.39. The van der Waals surface area contributed by atoms with Gasteiger partial charge >= 0.3 is 0 Å². The van der Waals surface area contributed by atoms with E-state index in [9.17, 15) is 8.78 Å². The Hall–Kier alpha value is -1.26. The van der Waals surface area contributed by atoms with Gasteiger partial charge in [0.15, 0.2) is 11.6 Å². The van der Waals surface area contributed by atoms with E-state index in [1.54, 1.807) is 17.4 Å². The minimum Gasteiger partial charge on any atom is -0.309 e. The monoisotopic (exact) mass is 309 g/mol. The van der Waals surface area contributed by atoms with Crippen molar-refractivity contribution in [2.24, 2.45) is 0 Å². The van der Waals surface area contributed by atoms with E-state index >= 15 is 0 Å². The molecule has 1 atom stereocenters. The average Bonchev–Trinajstić information content (AvgIpc) is 2.78. The zero-order valence-corrected chi connectivity index (χ0v) is 13.5. The topological polar surface area (TPSA) is 12.0 Å². The van der Waals surface area contributed by atoms with Gasteiger partial charge in [-0.3, -0.25) is 0 Å². The Morgan fingerprint density at radius 2 is 1.90 bits per heavy atom. The lowest BCUT2D eigenvalue weighted by Crippen LogP contribution is -2.23. The van der Waals surface area contributed by atoms with Crippen molar-refractivity contribution in [1.82, 2.24) is 5.32 Å². The molecule has 114 valence electrons. The molecule has 1 heterocycles. The van der Waals surface area contributed by atoms with Crippen LogP contribution in [0.2, 0.25) is 0 Å². The highest BCUT2D eigenvalue weighted by atomic mass is 32.1. The van der Waals surface area contributed by atoms with Crippen LogP contribution in [0.3, 0.4) is 0 Å². The van der Waals surface area contributed by atoms with Crippen molar-refractivity contribution in [2.75, 3.05) is 6.54 Å². The van der Waals surface area contributed by atoms with Crippen LogP contribution in [-0.4, -0.2) is 6.54 Å². The largest absolute Gasteiger partial charge is 0.309 e. The van der Waals surface area contributed by atoms with Gasteiger partial charge in [0.25, 0.3) is 0 Å². The molecule has 1 aromatic heterocycles. The fraction of sp³-hybridized carbons (Fsp3) is 0.412. The smallest absolute Gasteiger partial charge is 0.159 e. The molecule has 1 unspecified atom stereocenters. The van der Waals surface area contributed by atoms with Gasteiger partial charge in [-0.25, -0.2) is 8.78 Å². The van der Waals surface area contributed by atoms with Crippen LogP contribution in [0.4, 0.5) is 8.78 Å². The molecule has 1 nitrogen and oxygen atoms in total. The highest BCUT2D eigenvalue weighted by Crippen LogP contribution is 2.29. The molecule has 21 heavy (non-hydrogen) atoms. The van der Waals surface area contributed by atoms with Crippen molar-refractivity contribution < 1.29 is 8.78 Å². The SMILES string of the molecule is CCCNC(Cc1ccc(F)c(F)c1)c1cc(C)c(C)s1. The van der Waals surface area contributed by atoms with Gasteiger partial charge in [0.05, 0.1) is 0 Å². The van der Waals surface area contributed by atoms with Crippen molar-refractivity contribution in [2.45, 2.75) is 39.7 Å². The van der Waals surface area contributed by atoms with E-state index in [-0.39, 0.29) is 6.04 Å². The second-order valence-corrected chi connectivity index (χ2v) is 6.64. The van der Waals surface area contributed by atoms with E-state index in [0.717, 1.165) is 18.5 Å². The van der Waals surface area contributed by atoms with Crippen LogP contribution in [0.1, 0.15) is 40.3 Å². The number of rotatable bonds is 6. The Kier molecular flexibility index (Phi) is 5.48. The van der Waals surface area contributed by atoms with Gasteiger partial charge in [-0.2, -0.15) is 0 Å². The van der Waals surface area contributed by atoms with E-state index < -0.39 is 11.6 Å². The lowest BCUT2D eigenvalue weighted by atomic mass is 10.0. The maximum atomic E-state index is 13.4. The maximum absolute atomic E-state index is 13.4. The molecule has 0 aliphatic rings. The van der Waals surface area contributed by atoms with Gasteiger partial charge in [0, 0.05) is 15.8 Å². The molecule has 0 saturated heterocycles. The molecule has 1 aromatic carbocycles. The Morgan fingerprint density at radius 1 is 1.14 bits per heavy atom. The zero-order chi connectivity index (χ0) is 15.4. The molecule has 0 fully saturated rings. The van der Waals surface area contributed by atoms with Crippen molar-refractivity contribution in [3.63, 3.8) is 0 Å². The van der Waals surface area contributed by atoms with Gasteiger partial charge in [0.1, 0.15) is 0 Å². The maximum Gasteiger partial charge on any atom is 0.159 e. The summed E-state index contributed by atoms with van der Waals surface area (Å²) in [5.41, 5.74) is 2.09. The number of hydrogen-bond donors (Lipinski definition) is 1. The summed E-state index contributed by atoms with van der Waals surface area (Å²) in [5, 5.41) is 3.50. The van der Waals surface area contributed by atoms with Gasteiger partial charge in [-0.15, -0.1) is 11.3 Å². The van der Waals surface area contributed by atoms with Gasteiger partial charge in [0.2, 0.25) is 0 Å². The minimum atomic E-state index is -0.792. The van der Waals surface area contributed by atoms with E-state index in [1.165, 1.54) is 27.5 Å². The van der Waals surface area contributed by atoms with Crippen LogP contribution in [0.15, 0.2) is 24.3 Å². The summed E-state index contributed by atoms with van der Waals surface area (Å²) in [4.78, 5) is 2.56. The molecule has 0 saturated carbocycles. The van der Waals surface area contributed by atoms with Crippen LogP contribution in [0, 0.1) is 25.5 Å². The Morgan fingerprint density at radius 3 is 2.48 bits per heavy atom. The summed E-state index contributed by atoms with van der Waals surface area (Å²) in [7, 11) is 0. The predicted octanol–water partition coefficient (Wildman–Crippen LogP) is 4.93. The molecule has 1 N–H and O–H groups in total. The predicted molar refractivity (Wildman–Crippen MR) is 84.9 cm³/mol. The van der Waals surface area contributed by atoms with E-state index in [0.29, 0.717) is 6.42 Å². The highest BCUT2D eigenvalue weighted by molar-refractivity contribution is 7.12. The summed E-state index contributed by atoms with van der Waals surface area (Å²) in [6.45, 7) is 7.23. The molecule has 2 aromatic rings. The Labute approximate surface area is 129 Å². The summed E-state index contributed by atoms with van der Waals surface area (Å²) in [5.74, 6) is -1.57. The number of benzene rings is 1. The second kappa shape index (κ2) is 7.14. The Bertz CT molecular complexity index is 587. The molecule has 0 bridgehead atoms. The number of aryl methyl sites for hydroxylation is 2. The zero-order valence-electron chi connectivity index (χ0n) is 12.7. The van der Waals surface area contributed by atoms with E-state index in [2.05, 4.69) is 32.2 Å². The van der Waals surface area contributed by atoms with E-state index in [4.69, 9.17) is 0 Å². The number of halogens is 2. The van der Waals surface area contributed by atoms with Crippen molar-refractivity contribution >= 4 is 11.3 Å². The van der Waals surface area contributed by atoms with Crippen LogP contribution >= 0.6 is 11.3 Å². The third-order valence-electron chi connectivity index (χ3n) is 3.59. The number of nitrogens with one attached hydrogen (secondary N) is 1. The third-order valence-corrected chi connectivity index (χ3v) is 4.86. The molecule has 4 heteroatoms. The molecule has 0 amide bonds. The lowest BCUT2D eigenvalue weighted by molar-refractivity contribution is 0.501. The van der Waals surface area contributed by atoms with Gasteiger partial charge in [-0.1, -0.05) is 13.0 Å². The quantitative estimate of drug-likeness (QED) is 0.798. The van der Waals surface area contributed by atoms with Crippen molar-refractivity contribution in [1.29, 1.82) is 0 Å². The highest BCUT2D eigenvalue weighted by Gasteiger charge is 2.16.